The van der Waals surface area contributed by atoms with Crippen LogP contribution in [-0.4, -0.2) is 28.7 Å². The van der Waals surface area contributed by atoms with Gasteiger partial charge in [-0.3, -0.25) is 4.79 Å². The number of amides is 1. The van der Waals surface area contributed by atoms with Gasteiger partial charge in [-0.2, -0.15) is 0 Å². The predicted octanol–water partition coefficient (Wildman–Crippen LogP) is 3.04. The minimum absolute atomic E-state index is 0.132. The zero-order valence-corrected chi connectivity index (χ0v) is 14.4. The summed E-state index contributed by atoms with van der Waals surface area (Å²) in [4.78, 5) is 12.4. The first kappa shape index (κ1) is 17.0. The lowest BCUT2D eigenvalue weighted by molar-refractivity contribution is 0.0913. The van der Waals surface area contributed by atoms with Crippen molar-refractivity contribution < 1.29 is 14.6 Å². The summed E-state index contributed by atoms with van der Waals surface area (Å²) in [6.07, 6.45) is 1.12. The van der Waals surface area contributed by atoms with E-state index in [1.165, 1.54) is 0 Å². The number of benzene rings is 2. The number of fused-ring (bicyclic) bond motifs is 1. The van der Waals surface area contributed by atoms with Crippen molar-refractivity contribution in [2.24, 2.45) is 7.05 Å². The molecule has 0 aliphatic carbocycles. The zero-order chi connectivity index (χ0) is 17.8. The fraction of sp³-hybridized carbons (Fsp3) is 0.250. The lowest BCUT2D eigenvalue weighted by Crippen LogP contribution is -2.28. The van der Waals surface area contributed by atoms with Crippen molar-refractivity contribution in [2.45, 2.75) is 13.0 Å². The van der Waals surface area contributed by atoms with Gasteiger partial charge in [0.1, 0.15) is 5.75 Å². The molecular weight excluding hydrogens is 316 g/mol. The molecule has 0 saturated carbocycles. The van der Waals surface area contributed by atoms with Gasteiger partial charge < -0.3 is 19.7 Å². The van der Waals surface area contributed by atoms with Crippen LogP contribution in [0.5, 0.6) is 5.75 Å². The molecule has 1 heterocycles. The predicted molar refractivity (Wildman–Crippen MR) is 97.8 cm³/mol. The fourth-order valence-electron chi connectivity index (χ4n) is 2.97. The number of para-hydroxylation sites is 2. The zero-order valence-electron chi connectivity index (χ0n) is 14.4. The Kier molecular flexibility index (Phi) is 5.05. The van der Waals surface area contributed by atoms with Crippen LogP contribution in [0.4, 0.5) is 0 Å². The topological polar surface area (TPSA) is 63.5 Å². The van der Waals surface area contributed by atoms with Crippen LogP contribution in [0.25, 0.3) is 10.9 Å². The summed E-state index contributed by atoms with van der Waals surface area (Å²) in [6.45, 7) is 2.50. The van der Waals surface area contributed by atoms with Gasteiger partial charge in [0.15, 0.2) is 0 Å². The summed E-state index contributed by atoms with van der Waals surface area (Å²) in [7, 11) is 1.94. The van der Waals surface area contributed by atoms with Crippen molar-refractivity contribution in [3.05, 3.63) is 65.9 Å². The number of hydrogen-bond donors (Lipinski definition) is 2. The molecule has 0 aliphatic rings. The molecule has 1 atom stereocenters. The largest absolute Gasteiger partial charge is 0.493 e. The van der Waals surface area contributed by atoms with Crippen molar-refractivity contribution in [2.75, 3.05) is 13.2 Å². The van der Waals surface area contributed by atoms with Gasteiger partial charge in [0.25, 0.3) is 5.91 Å². The molecule has 0 spiro atoms. The number of nitrogens with zero attached hydrogens (tertiary/aromatic N) is 1. The maximum absolute atomic E-state index is 12.4. The molecule has 0 saturated heterocycles. The van der Waals surface area contributed by atoms with Crippen LogP contribution in [-0.2, 0) is 7.05 Å². The summed E-state index contributed by atoms with van der Waals surface area (Å²) < 4.78 is 7.46. The highest BCUT2D eigenvalue weighted by Crippen LogP contribution is 2.25. The molecule has 0 unspecified atom stereocenters. The molecule has 0 radical (unpaired) electrons. The van der Waals surface area contributed by atoms with Crippen LogP contribution < -0.4 is 10.1 Å². The summed E-state index contributed by atoms with van der Waals surface area (Å²) >= 11 is 0. The molecular formula is C20H22N2O3. The third kappa shape index (κ3) is 3.51. The lowest BCUT2D eigenvalue weighted by atomic mass is 10.1. The van der Waals surface area contributed by atoms with Crippen molar-refractivity contribution in [1.29, 1.82) is 0 Å². The second-order valence-electron chi connectivity index (χ2n) is 5.87. The Labute approximate surface area is 146 Å². The van der Waals surface area contributed by atoms with E-state index in [0.29, 0.717) is 17.9 Å². The highest BCUT2D eigenvalue weighted by molar-refractivity contribution is 5.97. The number of aliphatic hydroxyl groups is 1. The SMILES string of the molecule is CCOc1ccccc1C(=O)NC[C@@H](O)c1cn(C)c2ccccc12. The Morgan fingerprint density at radius 1 is 1.20 bits per heavy atom. The molecule has 1 amide bonds. The minimum atomic E-state index is -0.783. The second kappa shape index (κ2) is 7.40. The van der Waals surface area contributed by atoms with E-state index in [0.717, 1.165) is 16.5 Å². The highest BCUT2D eigenvalue weighted by Gasteiger charge is 2.17. The van der Waals surface area contributed by atoms with Crippen LogP contribution in [0.15, 0.2) is 54.7 Å². The molecule has 1 aromatic heterocycles. The minimum Gasteiger partial charge on any atom is -0.493 e. The standard InChI is InChI=1S/C20H22N2O3/c1-3-25-19-11-7-5-9-15(19)20(24)21-12-18(23)16-13-22(2)17-10-6-4-8-14(16)17/h4-11,13,18,23H,3,12H2,1-2H3,(H,21,24)/t18-/m1/s1. The average molecular weight is 338 g/mol. The monoisotopic (exact) mass is 338 g/mol. The summed E-state index contributed by atoms with van der Waals surface area (Å²) in [6, 6.07) is 15.0. The molecule has 0 fully saturated rings. The third-order valence-electron chi connectivity index (χ3n) is 4.17. The number of carbonyl (C=O) groups excluding carboxylic acids is 1. The molecule has 0 aliphatic heterocycles. The number of carbonyl (C=O) groups is 1. The van der Waals surface area contributed by atoms with Gasteiger partial charge in [-0.1, -0.05) is 30.3 Å². The van der Waals surface area contributed by atoms with Crippen LogP contribution in [0.3, 0.4) is 0 Å². The fourth-order valence-corrected chi connectivity index (χ4v) is 2.97. The quantitative estimate of drug-likeness (QED) is 0.726. The number of aromatic nitrogens is 1. The van der Waals surface area contributed by atoms with E-state index < -0.39 is 6.10 Å². The molecule has 5 heteroatoms. The molecule has 2 aromatic carbocycles. The van der Waals surface area contributed by atoms with Crippen LogP contribution >= 0.6 is 0 Å². The van der Waals surface area contributed by atoms with E-state index in [4.69, 9.17) is 4.74 Å². The summed E-state index contributed by atoms with van der Waals surface area (Å²) in [5, 5.41) is 14.3. The van der Waals surface area contributed by atoms with Crippen molar-refractivity contribution >= 4 is 16.8 Å². The summed E-state index contributed by atoms with van der Waals surface area (Å²) in [5.41, 5.74) is 2.32. The molecule has 2 N–H and O–H groups in total. The molecule has 5 nitrogen and oxygen atoms in total. The normalized spacial score (nSPS) is 12.1. The van der Waals surface area contributed by atoms with Crippen LogP contribution in [0.2, 0.25) is 0 Å². The Hall–Kier alpha value is -2.79. The van der Waals surface area contributed by atoms with Gasteiger partial charge in [0, 0.05) is 36.3 Å². The molecule has 3 aromatic rings. The van der Waals surface area contributed by atoms with Gasteiger partial charge in [-0.15, -0.1) is 0 Å². The maximum Gasteiger partial charge on any atom is 0.255 e. The highest BCUT2D eigenvalue weighted by atomic mass is 16.5. The molecule has 25 heavy (non-hydrogen) atoms. The Morgan fingerprint density at radius 3 is 2.72 bits per heavy atom. The second-order valence-corrected chi connectivity index (χ2v) is 5.87. The maximum atomic E-state index is 12.4. The summed E-state index contributed by atoms with van der Waals surface area (Å²) in [5.74, 6) is 0.283. The first-order chi connectivity index (χ1) is 12.1. The number of nitrogens with one attached hydrogen (secondary N) is 1. The number of hydrogen-bond acceptors (Lipinski definition) is 3. The van der Waals surface area contributed by atoms with Crippen LogP contribution in [0, 0.1) is 0 Å². The lowest BCUT2D eigenvalue weighted by Gasteiger charge is -2.13. The number of rotatable bonds is 6. The van der Waals surface area contributed by atoms with Crippen molar-refractivity contribution in [3.63, 3.8) is 0 Å². The van der Waals surface area contributed by atoms with E-state index in [2.05, 4.69) is 5.32 Å². The number of aliphatic hydroxyl groups excluding tert-OH is 1. The Balaban J connectivity index is 1.74. The van der Waals surface area contributed by atoms with E-state index in [9.17, 15) is 9.90 Å². The Bertz CT molecular complexity index is 886. The molecule has 130 valence electrons. The van der Waals surface area contributed by atoms with Gasteiger partial charge >= 0.3 is 0 Å². The Morgan fingerprint density at radius 2 is 1.92 bits per heavy atom. The number of aryl methyl sites for hydroxylation is 1. The first-order valence-corrected chi connectivity index (χ1v) is 8.34. The van der Waals surface area contributed by atoms with E-state index in [1.807, 2.05) is 55.1 Å². The van der Waals surface area contributed by atoms with E-state index in [-0.39, 0.29) is 12.5 Å². The smallest absolute Gasteiger partial charge is 0.255 e. The van der Waals surface area contributed by atoms with Gasteiger partial charge in [0.05, 0.1) is 18.3 Å². The van der Waals surface area contributed by atoms with E-state index >= 15 is 0 Å². The van der Waals surface area contributed by atoms with Gasteiger partial charge in [-0.05, 0) is 25.1 Å². The first-order valence-electron chi connectivity index (χ1n) is 8.34. The molecule has 3 rings (SSSR count). The van der Waals surface area contributed by atoms with Gasteiger partial charge in [0.2, 0.25) is 0 Å². The van der Waals surface area contributed by atoms with Crippen LogP contribution in [0.1, 0.15) is 28.9 Å². The van der Waals surface area contributed by atoms with Crippen molar-refractivity contribution in [1.82, 2.24) is 9.88 Å². The van der Waals surface area contributed by atoms with E-state index in [1.54, 1.807) is 18.2 Å². The van der Waals surface area contributed by atoms with Crippen molar-refractivity contribution in [3.8, 4) is 5.75 Å². The molecule has 0 bridgehead atoms. The van der Waals surface area contributed by atoms with Gasteiger partial charge in [-0.25, -0.2) is 0 Å². The third-order valence-corrected chi connectivity index (χ3v) is 4.17. The average Bonchev–Trinajstić information content (AvgIpc) is 2.97. The number of ether oxygens (including phenoxy) is 1.